The number of nitro groups is 1. The molecule has 10 nitrogen and oxygen atoms in total. The number of carbonyl (C=O) groups excluding carboxylic acids is 1. The van der Waals surface area contributed by atoms with Crippen molar-refractivity contribution >= 4 is 28.2 Å². The van der Waals surface area contributed by atoms with Gasteiger partial charge in [0.05, 0.1) is 28.7 Å². The third kappa shape index (κ3) is 4.28. The van der Waals surface area contributed by atoms with E-state index in [0.717, 1.165) is 25.9 Å². The molecular formula is C20H26N6O4. The van der Waals surface area contributed by atoms with Crippen LogP contribution in [0, 0.1) is 10.1 Å². The van der Waals surface area contributed by atoms with Crippen LogP contribution < -0.4 is 10.5 Å². The summed E-state index contributed by atoms with van der Waals surface area (Å²) in [7, 11) is 0. The number of nitrogens with one attached hydrogen (secondary N) is 1. The van der Waals surface area contributed by atoms with Gasteiger partial charge < -0.3 is 14.8 Å². The van der Waals surface area contributed by atoms with E-state index in [-0.39, 0.29) is 17.0 Å². The topological polar surface area (TPSA) is 116 Å². The molecule has 10 heteroatoms. The van der Waals surface area contributed by atoms with Gasteiger partial charge in [-0.25, -0.2) is 4.98 Å². The molecule has 1 amide bonds. The Kier molecular flexibility index (Phi) is 5.93. The van der Waals surface area contributed by atoms with E-state index in [1.165, 1.54) is 25.2 Å². The predicted molar refractivity (Wildman–Crippen MR) is 113 cm³/mol. The molecule has 2 aliphatic rings. The zero-order valence-electron chi connectivity index (χ0n) is 16.9. The summed E-state index contributed by atoms with van der Waals surface area (Å²) in [4.78, 5) is 48.4. The Labute approximate surface area is 173 Å². The molecule has 1 aromatic carbocycles. The Morgan fingerprint density at radius 1 is 1.07 bits per heavy atom. The maximum Gasteiger partial charge on any atom is 0.293 e. The van der Waals surface area contributed by atoms with Crippen LogP contribution in [0.25, 0.3) is 10.9 Å². The molecule has 30 heavy (non-hydrogen) atoms. The third-order valence-electron chi connectivity index (χ3n) is 5.96. The van der Waals surface area contributed by atoms with Gasteiger partial charge in [-0.05, 0) is 18.9 Å². The van der Waals surface area contributed by atoms with E-state index in [0.29, 0.717) is 43.9 Å². The highest BCUT2D eigenvalue weighted by molar-refractivity contribution is 5.87. The average Bonchev–Trinajstić information content (AvgIpc) is 3.03. The number of aromatic amines is 1. The number of aromatic nitrogens is 2. The van der Waals surface area contributed by atoms with Crippen molar-refractivity contribution in [1.82, 2.24) is 19.8 Å². The molecule has 0 aliphatic carbocycles. The minimum atomic E-state index is -0.462. The highest BCUT2D eigenvalue weighted by Crippen LogP contribution is 2.32. The number of hydrogen-bond acceptors (Lipinski definition) is 7. The second-order valence-corrected chi connectivity index (χ2v) is 7.91. The van der Waals surface area contributed by atoms with Gasteiger partial charge in [0.15, 0.2) is 0 Å². The van der Waals surface area contributed by atoms with Gasteiger partial charge in [0, 0.05) is 45.3 Å². The van der Waals surface area contributed by atoms with Gasteiger partial charge in [-0.15, -0.1) is 0 Å². The van der Waals surface area contributed by atoms with Crippen molar-refractivity contribution in [2.45, 2.75) is 25.7 Å². The molecular weight excluding hydrogens is 388 g/mol. The van der Waals surface area contributed by atoms with E-state index in [2.05, 4.69) is 14.9 Å². The summed E-state index contributed by atoms with van der Waals surface area (Å²) in [5.74, 6) is 0.172. The summed E-state index contributed by atoms with van der Waals surface area (Å²) < 4.78 is 0. The monoisotopic (exact) mass is 414 g/mol. The molecule has 4 rings (SSSR count). The van der Waals surface area contributed by atoms with E-state index in [1.807, 2.05) is 9.80 Å². The summed E-state index contributed by atoms with van der Waals surface area (Å²) in [5, 5.41) is 11.8. The van der Waals surface area contributed by atoms with Crippen molar-refractivity contribution in [3.63, 3.8) is 0 Å². The van der Waals surface area contributed by atoms with Crippen LogP contribution in [-0.2, 0) is 4.79 Å². The summed E-state index contributed by atoms with van der Waals surface area (Å²) in [5.41, 5.74) is 0.392. The molecule has 0 atom stereocenters. The molecule has 1 aromatic heterocycles. The van der Waals surface area contributed by atoms with E-state index in [1.54, 1.807) is 6.07 Å². The second-order valence-electron chi connectivity index (χ2n) is 7.91. The normalized spacial score (nSPS) is 18.4. The number of amides is 1. The quantitative estimate of drug-likeness (QED) is 0.593. The minimum absolute atomic E-state index is 0.102. The number of anilines is 1. The first-order chi connectivity index (χ1) is 14.5. The first-order valence-electron chi connectivity index (χ1n) is 10.4. The highest BCUT2D eigenvalue weighted by Gasteiger charge is 2.27. The molecule has 3 heterocycles. The molecule has 0 spiro atoms. The van der Waals surface area contributed by atoms with Crippen LogP contribution in [0.2, 0.25) is 0 Å². The highest BCUT2D eigenvalue weighted by atomic mass is 16.6. The number of H-pyrrole nitrogens is 1. The summed E-state index contributed by atoms with van der Waals surface area (Å²) in [6.07, 6.45) is 5.82. The van der Waals surface area contributed by atoms with Gasteiger partial charge >= 0.3 is 0 Å². The van der Waals surface area contributed by atoms with Crippen LogP contribution in [0.4, 0.5) is 11.4 Å². The van der Waals surface area contributed by atoms with Crippen molar-refractivity contribution < 1.29 is 9.72 Å². The van der Waals surface area contributed by atoms with Gasteiger partial charge in [0.25, 0.3) is 11.2 Å². The second kappa shape index (κ2) is 8.78. The van der Waals surface area contributed by atoms with Crippen molar-refractivity contribution in [2.24, 2.45) is 0 Å². The predicted octanol–water partition coefficient (Wildman–Crippen LogP) is 1.36. The Balaban J connectivity index is 1.45. The van der Waals surface area contributed by atoms with Crippen molar-refractivity contribution in [1.29, 1.82) is 0 Å². The van der Waals surface area contributed by atoms with E-state index in [9.17, 15) is 19.7 Å². The number of piperazine rings is 1. The number of benzene rings is 1. The lowest BCUT2D eigenvalue weighted by molar-refractivity contribution is -0.384. The molecule has 1 N–H and O–H groups in total. The summed E-state index contributed by atoms with van der Waals surface area (Å²) in [6, 6.07) is 2.91. The number of likely N-dealkylation sites (tertiary alicyclic amines) is 1. The first kappa shape index (κ1) is 20.3. The smallest absolute Gasteiger partial charge is 0.293 e. The molecule has 0 radical (unpaired) electrons. The number of nitrogens with zero attached hydrogens (tertiary/aromatic N) is 5. The maximum atomic E-state index is 12.6. The largest absolute Gasteiger partial charge is 0.363 e. The fourth-order valence-electron chi connectivity index (χ4n) is 4.25. The van der Waals surface area contributed by atoms with Crippen LogP contribution in [-0.4, -0.2) is 76.4 Å². The first-order valence-corrected chi connectivity index (χ1v) is 10.4. The molecule has 0 bridgehead atoms. The number of hydrogen-bond donors (Lipinski definition) is 1. The SMILES string of the molecule is O=C(CN1CCN(c2cc3nc[nH]c(=O)c3cc2[N+](=O)[O-])CC1)N1CCCCCC1. The zero-order valence-corrected chi connectivity index (χ0v) is 16.9. The van der Waals surface area contributed by atoms with Gasteiger partial charge in [-0.1, -0.05) is 12.8 Å². The van der Waals surface area contributed by atoms with Crippen molar-refractivity contribution in [3.8, 4) is 0 Å². The summed E-state index contributed by atoms with van der Waals surface area (Å²) in [6.45, 7) is 4.52. The lowest BCUT2D eigenvalue weighted by Gasteiger charge is -2.36. The molecule has 0 saturated carbocycles. The maximum absolute atomic E-state index is 12.6. The van der Waals surface area contributed by atoms with Crippen LogP contribution in [0.5, 0.6) is 0 Å². The standard InChI is InChI=1S/C20H26N6O4/c27-19(25-5-3-1-2-4-6-25)13-23-7-9-24(10-8-23)17-12-16-15(11-18(17)26(29)30)20(28)22-14-21-16/h11-12,14H,1-10,13H2,(H,21,22,28). The molecule has 160 valence electrons. The molecule has 2 saturated heterocycles. The lowest BCUT2D eigenvalue weighted by Crippen LogP contribution is -2.50. The van der Waals surface area contributed by atoms with Crippen LogP contribution in [0.1, 0.15) is 25.7 Å². The van der Waals surface area contributed by atoms with Gasteiger partial charge in [-0.2, -0.15) is 0 Å². The molecule has 0 unspecified atom stereocenters. The molecule has 2 aliphatic heterocycles. The Morgan fingerprint density at radius 3 is 2.43 bits per heavy atom. The van der Waals surface area contributed by atoms with E-state index in [4.69, 9.17) is 0 Å². The fraction of sp³-hybridized carbons (Fsp3) is 0.550. The Bertz CT molecular complexity index is 990. The number of nitro benzene ring substituents is 1. The van der Waals surface area contributed by atoms with Gasteiger partial charge in [0.1, 0.15) is 5.69 Å². The average molecular weight is 414 g/mol. The van der Waals surface area contributed by atoms with Crippen molar-refractivity contribution in [3.05, 3.63) is 38.9 Å². The fourth-order valence-corrected chi connectivity index (χ4v) is 4.25. The summed E-state index contributed by atoms with van der Waals surface area (Å²) >= 11 is 0. The molecule has 2 fully saturated rings. The zero-order chi connectivity index (χ0) is 21.1. The van der Waals surface area contributed by atoms with E-state index >= 15 is 0 Å². The van der Waals surface area contributed by atoms with Crippen LogP contribution in [0.15, 0.2) is 23.3 Å². The molecule has 2 aromatic rings. The van der Waals surface area contributed by atoms with Gasteiger partial charge in [0.2, 0.25) is 5.91 Å². The van der Waals surface area contributed by atoms with Gasteiger partial charge in [-0.3, -0.25) is 24.6 Å². The van der Waals surface area contributed by atoms with Crippen molar-refractivity contribution in [2.75, 3.05) is 50.7 Å². The van der Waals surface area contributed by atoms with Crippen LogP contribution in [0.3, 0.4) is 0 Å². The third-order valence-corrected chi connectivity index (χ3v) is 5.96. The Hall–Kier alpha value is -3.01. The Morgan fingerprint density at radius 2 is 1.77 bits per heavy atom. The van der Waals surface area contributed by atoms with E-state index < -0.39 is 10.5 Å². The lowest BCUT2D eigenvalue weighted by atomic mass is 10.1. The number of fused-ring (bicyclic) bond motifs is 1. The number of rotatable bonds is 4. The minimum Gasteiger partial charge on any atom is -0.363 e. The van der Waals surface area contributed by atoms with Crippen LogP contribution >= 0.6 is 0 Å². The number of carbonyl (C=O) groups is 1.